The van der Waals surface area contributed by atoms with Crippen LogP contribution in [0.2, 0.25) is 0 Å². The highest BCUT2D eigenvalue weighted by Gasteiger charge is 2.73. The fraction of sp³-hybridized carbons (Fsp3) is 0.769. The first kappa shape index (κ1) is 9.23. The van der Waals surface area contributed by atoms with Gasteiger partial charge >= 0.3 is 5.97 Å². The van der Waals surface area contributed by atoms with E-state index in [-0.39, 0.29) is 11.6 Å². The van der Waals surface area contributed by atoms with Crippen molar-refractivity contribution in [3.8, 4) is 0 Å². The highest BCUT2D eigenvalue weighted by atomic mass is 16.6. The molecule has 1 heterocycles. The van der Waals surface area contributed by atoms with Crippen molar-refractivity contribution >= 4 is 5.97 Å². The predicted octanol–water partition coefficient (Wildman–Crippen LogP) is 1.82. The van der Waals surface area contributed by atoms with E-state index < -0.39 is 0 Å². The van der Waals surface area contributed by atoms with Gasteiger partial charge in [-0.1, -0.05) is 6.58 Å². The Morgan fingerprint density at radius 2 is 2.31 bits per heavy atom. The first-order valence-corrected chi connectivity index (χ1v) is 6.17. The maximum Gasteiger partial charge on any atom is 0.330 e. The highest BCUT2D eigenvalue weighted by Crippen LogP contribution is 2.71. The molecule has 1 spiro atoms. The van der Waals surface area contributed by atoms with Crippen molar-refractivity contribution in [2.45, 2.75) is 49.9 Å². The van der Waals surface area contributed by atoms with Crippen LogP contribution in [0, 0.1) is 11.3 Å². The van der Waals surface area contributed by atoms with Gasteiger partial charge in [-0.2, -0.15) is 0 Å². The number of epoxide rings is 1. The Morgan fingerprint density at radius 3 is 3.06 bits per heavy atom. The van der Waals surface area contributed by atoms with Crippen molar-refractivity contribution in [3.63, 3.8) is 0 Å². The smallest absolute Gasteiger partial charge is 0.330 e. The second kappa shape index (κ2) is 2.53. The fourth-order valence-corrected chi connectivity index (χ4v) is 4.65. The Kier molecular flexibility index (Phi) is 1.46. The summed E-state index contributed by atoms with van der Waals surface area (Å²) in [6.07, 6.45) is 7.87. The van der Waals surface area contributed by atoms with Crippen LogP contribution in [0.25, 0.3) is 0 Å². The Hall–Kier alpha value is -0.830. The molecule has 0 aromatic carbocycles. The maximum atomic E-state index is 11.4. The number of fused-ring (bicyclic) bond motifs is 3. The molecule has 4 aliphatic rings. The van der Waals surface area contributed by atoms with E-state index in [4.69, 9.17) is 9.47 Å². The molecule has 0 N–H and O–H groups in total. The summed E-state index contributed by atoms with van der Waals surface area (Å²) in [5.41, 5.74) is 0.280. The SMILES string of the molecule is C=CC(=O)OC12CCC3(CC4OC4C3C1)C2. The number of carbonyl (C=O) groups excluding carboxylic acids is 1. The van der Waals surface area contributed by atoms with Gasteiger partial charge in [0.25, 0.3) is 0 Å². The van der Waals surface area contributed by atoms with E-state index in [1.54, 1.807) is 0 Å². The van der Waals surface area contributed by atoms with Crippen molar-refractivity contribution < 1.29 is 14.3 Å². The number of carbonyl (C=O) groups is 1. The van der Waals surface area contributed by atoms with Crippen molar-refractivity contribution in [2.24, 2.45) is 11.3 Å². The van der Waals surface area contributed by atoms with Gasteiger partial charge in [-0.15, -0.1) is 0 Å². The second-order valence-electron chi connectivity index (χ2n) is 6.00. The van der Waals surface area contributed by atoms with Gasteiger partial charge in [0.1, 0.15) is 5.60 Å². The van der Waals surface area contributed by atoms with Crippen molar-refractivity contribution in [1.29, 1.82) is 0 Å². The largest absolute Gasteiger partial charge is 0.456 e. The molecule has 16 heavy (non-hydrogen) atoms. The molecule has 0 aromatic heterocycles. The summed E-state index contributed by atoms with van der Waals surface area (Å²) in [6, 6.07) is 0. The van der Waals surface area contributed by atoms with Crippen LogP contribution >= 0.6 is 0 Å². The van der Waals surface area contributed by atoms with Crippen LogP contribution in [-0.2, 0) is 14.3 Å². The Balaban J connectivity index is 1.61. The molecular weight excluding hydrogens is 204 g/mol. The lowest BCUT2D eigenvalue weighted by Gasteiger charge is -2.31. The second-order valence-corrected chi connectivity index (χ2v) is 6.00. The standard InChI is InChI=1S/C13H16O3/c1-2-10(14)16-13-4-3-12(7-13)6-9-11(15-9)8(12)5-13/h2,8-9,11H,1,3-7H2. The number of hydrogen-bond acceptors (Lipinski definition) is 3. The van der Waals surface area contributed by atoms with Gasteiger partial charge in [-0.3, -0.25) is 0 Å². The Labute approximate surface area is 94.8 Å². The maximum absolute atomic E-state index is 11.4. The summed E-state index contributed by atoms with van der Waals surface area (Å²) < 4.78 is 11.3. The van der Waals surface area contributed by atoms with Crippen LogP contribution in [0.4, 0.5) is 0 Å². The summed E-state index contributed by atoms with van der Waals surface area (Å²) in [6.45, 7) is 3.48. The predicted molar refractivity (Wildman–Crippen MR) is 56.7 cm³/mol. The Bertz CT molecular complexity index is 391. The monoisotopic (exact) mass is 220 g/mol. The minimum Gasteiger partial charge on any atom is -0.456 e. The van der Waals surface area contributed by atoms with Gasteiger partial charge < -0.3 is 9.47 Å². The zero-order chi connectivity index (χ0) is 11.0. The average molecular weight is 220 g/mol. The van der Waals surface area contributed by atoms with Crippen LogP contribution in [-0.4, -0.2) is 23.8 Å². The summed E-state index contributed by atoms with van der Waals surface area (Å²) >= 11 is 0. The molecule has 5 atom stereocenters. The molecule has 3 nitrogen and oxygen atoms in total. The van der Waals surface area contributed by atoms with E-state index in [1.165, 1.54) is 18.9 Å². The third-order valence-corrected chi connectivity index (χ3v) is 5.24. The van der Waals surface area contributed by atoms with Gasteiger partial charge in [-0.25, -0.2) is 4.79 Å². The molecule has 0 aromatic rings. The summed E-state index contributed by atoms with van der Waals surface area (Å²) in [5, 5.41) is 0. The molecule has 2 bridgehead atoms. The quantitative estimate of drug-likeness (QED) is 0.405. The zero-order valence-corrected chi connectivity index (χ0v) is 9.28. The lowest BCUT2D eigenvalue weighted by Crippen LogP contribution is -2.32. The molecule has 1 saturated heterocycles. The van der Waals surface area contributed by atoms with Crippen LogP contribution in [0.1, 0.15) is 32.1 Å². The van der Waals surface area contributed by atoms with E-state index in [0.29, 0.717) is 23.5 Å². The molecule has 86 valence electrons. The molecule has 3 saturated carbocycles. The molecule has 0 amide bonds. The first-order chi connectivity index (χ1) is 7.66. The van der Waals surface area contributed by atoms with E-state index in [9.17, 15) is 4.79 Å². The molecule has 3 heteroatoms. The number of rotatable bonds is 2. The van der Waals surface area contributed by atoms with Crippen LogP contribution in [0.5, 0.6) is 0 Å². The lowest BCUT2D eigenvalue weighted by molar-refractivity contribution is -0.153. The molecule has 4 fully saturated rings. The van der Waals surface area contributed by atoms with E-state index in [1.807, 2.05) is 0 Å². The van der Waals surface area contributed by atoms with Crippen molar-refractivity contribution in [3.05, 3.63) is 12.7 Å². The van der Waals surface area contributed by atoms with Crippen LogP contribution in [0.15, 0.2) is 12.7 Å². The average Bonchev–Trinajstić information content (AvgIpc) is 2.68. The fourth-order valence-electron chi connectivity index (χ4n) is 4.65. The molecule has 5 unspecified atom stereocenters. The molecule has 0 radical (unpaired) electrons. The van der Waals surface area contributed by atoms with E-state index in [0.717, 1.165) is 19.3 Å². The van der Waals surface area contributed by atoms with Gasteiger partial charge in [0.05, 0.1) is 12.2 Å². The van der Waals surface area contributed by atoms with Gasteiger partial charge in [0.15, 0.2) is 0 Å². The third kappa shape index (κ3) is 0.956. The normalized spacial score (nSPS) is 55.6. The molecular formula is C13H16O3. The topological polar surface area (TPSA) is 38.8 Å². The van der Waals surface area contributed by atoms with Gasteiger partial charge in [-0.05, 0) is 43.4 Å². The van der Waals surface area contributed by atoms with E-state index >= 15 is 0 Å². The Morgan fingerprint density at radius 1 is 1.44 bits per heavy atom. The first-order valence-electron chi connectivity index (χ1n) is 6.17. The number of hydrogen-bond donors (Lipinski definition) is 0. The lowest BCUT2D eigenvalue weighted by atomic mass is 9.76. The summed E-state index contributed by atoms with van der Waals surface area (Å²) in [5.74, 6) is 0.397. The van der Waals surface area contributed by atoms with Gasteiger partial charge in [0.2, 0.25) is 0 Å². The zero-order valence-electron chi connectivity index (χ0n) is 9.28. The molecule has 3 aliphatic carbocycles. The minimum absolute atomic E-state index is 0.174. The minimum atomic E-state index is -0.259. The van der Waals surface area contributed by atoms with E-state index in [2.05, 4.69) is 6.58 Å². The summed E-state index contributed by atoms with van der Waals surface area (Å²) in [4.78, 5) is 11.4. The van der Waals surface area contributed by atoms with Crippen molar-refractivity contribution in [2.75, 3.05) is 0 Å². The van der Waals surface area contributed by atoms with Crippen molar-refractivity contribution in [1.82, 2.24) is 0 Å². The molecule has 1 aliphatic heterocycles. The molecule has 4 rings (SSSR count). The van der Waals surface area contributed by atoms with Crippen LogP contribution in [0.3, 0.4) is 0 Å². The summed E-state index contributed by atoms with van der Waals surface area (Å²) in [7, 11) is 0. The number of ether oxygens (including phenoxy) is 2. The number of esters is 1. The van der Waals surface area contributed by atoms with Gasteiger partial charge in [0, 0.05) is 6.08 Å². The van der Waals surface area contributed by atoms with Crippen LogP contribution < -0.4 is 0 Å². The third-order valence-electron chi connectivity index (χ3n) is 5.24. The highest BCUT2D eigenvalue weighted by molar-refractivity contribution is 5.81.